The van der Waals surface area contributed by atoms with Gasteiger partial charge in [-0.05, 0) is 22.4 Å². The molecule has 3 heteroatoms. The molecule has 0 aliphatic carbocycles. The van der Waals surface area contributed by atoms with Crippen LogP contribution < -0.4 is 0 Å². The number of rotatable bonds is 5. The maximum Gasteiger partial charge on any atom is 0.165 e. The van der Waals surface area contributed by atoms with Crippen LogP contribution in [0.5, 0.6) is 0 Å². The molecule has 11 heavy (non-hydrogen) atoms. The smallest absolute Gasteiger partial charge is 0.165 e. The number of nitrogens with zero attached hydrogens (tertiary/aromatic N) is 1. The van der Waals surface area contributed by atoms with Gasteiger partial charge in [-0.1, -0.05) is 20.1 Å². The number of carbonyl (C=O) groups is 1. The molecule has 0 radical (unpaired) electrons. The van der Waals surface area contributed by atoms with Crippen LogP contribution in [0.3, 0.4) is 0 Å². The fraction of sp³-hybridized carbons (Fsp3) is 0.375. The van der Waals surface area contributed by atoms with Crippen molar-refractivity contribution < 1.29 is 4.79 Å². The highest BCUT2D eigenvalue weighted by molar-refractivity contribution is 9.11. The topological polar surface area (TPSA) is 20.3 Å². The number of hydrogen-bond acceptors (Lipinski definition) is 2. The zero-order valence-corrected chi connectivity index (χ0v) is 8.23. The van der Waals surface area contributed by atoms with Crippen LogP contribution >= 0.6 is 15.9 Å². The molecule has 0 aromatic rings. The molecular weight excluding hydrogens is 206 g/mol. The monoisotopic (exact) mass is 217 g/mol. The quantitative estimate of drug-likeness (QED) is 0.400. The van der Waals surface area contributed by atoms with Crippen molar-refractivity contribution in [2.45, 2.75) is 13.3 Å². The van der Waals surface area contributed by atoms with Crippen molar-refractivity contribution in [2.75, 3.05) is 6.54 Å². The summed E-state index contributed by atoms with van der Waals surface area (Å²) in [4.78, 5) is 12.1. The number of aldehydes is 1. The van der Waals surface area contributed by atoms with Crippen molar-refractivity contribution in [3.05, 3.63) is 23.5 Å². The minimum atomic E-state index is 0.439. The van der Waals surface area contributed by atoms with Crippen molar-refractivity contribution >= 4 is 22.2 Å². The molecular formula is C8H12BrNO. The van der Waals surface area contributed by atoms with E-state index in [1.54, 1.807) is 4.90 Å². The minimum Gasteiger partial charge on any atom is -0.334 e. The zero-order valence-electron chi connectivity index (χ0n) is 6.64. The summed E-state index contributed by atoms with van der Waals surface area (Å²) < 4.78 is 0.677. The predicted molar refractivity (Wildman–Crippen MR) is 50.3 cm³/mol. The van der Waals surface area contributed by atoms with Gasteiger partial charge >= 0.3 is 0 Å². The zero-order chi connectivity index (χ0) is 8.85. The summed E-state index contributed by atoms with van der Waals surface area (Å²) in [5, 5.41) is 0. The second-order valence-electron chi connectivity index (χ2n) is 2.14. The Morgan fingerprint density at radius 2 is 2.18 bits per heavy atom. The molecule has 0 bridgehead atoms. The van der Waals surface area contributed by atoms with Gasteiger partial charge in [-0.15, -0.1) is 0 Å². The van der Waals surface area contributed by atoms with Gasteiger partial charge in [-0.2, -0.15) is 0 Å². The molecule has 0 N–H and O–H groups in total. The first-order chi connectivity index (χ1) is 5.13. The number of carbonyl (C=O) groups excluding carboxylic acids is 1. The summed E-state index contributed by atoms with van der Waals surface area (Å²) in [5.74, 6) is 0. The van der Waals surface area contributed by atoms with Gasteiger partial charge in [0.1, 0.15) is 0 Å². The van der Waals surface area contributed by atoms with Gasteiger partial charge in [0.25, 0.3) is 0 Å². The first-order valence-corrected chi connectivity index (χ1v) is 4.18. The van der Waals surface area contributed by atoms with Crippen molar-refractivity contribution in [2.24, 2.45) is 0 Å². The molecule has 0 saturated carbocycles. The van der Waals surface area contributed by atoms with Gasteiger partial charge in [0, 0.05) is 6.54 Å². The third kappa shape index (κ3) is 3.37. The highest BCUT2D eigenvalue weighted by Crippen LogP contribution is 2.14. The van der Waals surface area contributed by atoms with Crippen LogP contribution in [0, 0.1) is 0 Å². The van der Waals surface area contributed by atoms with Crippen LogP contribution in [0.4, 0.5) is 0 Å². The molecule has 0 rings (SSSR count). The number of allylic oxidation sites excluding steroid dienone is 1. The van der Waals surface area contributed by atoms with Gasteiger partial charge in [0.15, 0.2) is 6.29 Å². The van der Waals surface area contributed by atoms with E-state index in [1.807, 2.05) is 6.92 Å². The molecule has 0 amide bonds. The summed E-state index contributed by atoms with van der Waals surface area (Å²) >= 11 is 3.20. The van der Waals surface area contributed by atoms with Gasteiger partial charge in [0.2, 0.25) is 0 Å². The Hall–Kier alpha value is -0.570. The lowest BCUT2D eigenvalue weighted by atomic mass is 10.4. The van der Waals surface area contributed by atoms with Crippen LogP contribution in [-0.2, 0) is 4.79 Å². The van der Waals surface area contributed by atoms with E-state index in [0.29, 0.717) is 10.3 Å². The maximum absolute atomic E-state index is 10.3. The molecule has 0 aliphatic rings. The molecule has 0 aromatic heterocycles. The van der Waals surface area contributed by atoms with Crippen molar-refractivity contribution in [1.82, 2.24) is 4.90 Å². The van der Waals surface area contributed by atoms with Gasteiger partial charge in [0.05, 0.1) is 10.3 Å². The van der Waals surface area contributed by atoms with Crippen LogP contribution in [0.1, 0.15) is 13.3 Å². The fourth-order valence-electron chi connectivity index (χ4n) is 0.708. The van der Waals surface area contributed by atoms with Gasteiger partial charge < -0.3 is 4.90 Å². The molecule has 0 spiro atoms. The van der Waals surface area contributed by atoms with E-state index >= 15 is 0 Å². The Morgan fingerprint density at radius 3 is 2.45 bits per heavy atom. The Morgan fingerprint density at radius 1 is 1.64 bits per heavy atom. The van der Waals surface area contributed by atoms with Crippen molar-refractivity contribution in [1.29, 1.82) is 0 Å². The average molecular weight is 218 g/mol. The molecule has 0 saturated heterocycles. The van der Waals surface area contributed by atoms with Crippen molar-refractivity contribution in [3.8, 4) is 0 Å². The normalized spacial score (nSPS) is 8.91. The first-order valence-electron chi connectivity index (χ1n) is 3.39. The number of hydrogen-bond donors (Lipinski definition) is 0. The molecule has 0 aromatic carbocycles. The Balaban J connectivity index is 4.20. The number of halogens is 1. The van der Waals surface area contributed by atoms with E-state index in [9.17, 15) is 4.79 Å². The summed E-state index contributed by atoms with van der Waals surface area (Å²) in [7, 11) is 0. The van der Waals surface area contributed by atoms with E-state index in [1.165, 1.54) is 0 Å². The van der Waals surface area contributed by atoms with Crippen LogP contribution in [0.25, 0.3) is 0 Å². The average Bonchev–Trinajstić information content (AvgIpc) is 1.98. The Labute approximate surface area is 75.7 Å². The van der Waals surface area contributed by atoms with E-state index < -0.39 is 0 Å². The SMILES string of the molecule is C=C(Br)N(CCC)C(=C)C=O. The molecule has 0 atom stereocenters. The first kappa shape index (κ1) is 10.4. The van der Waals surface area contributed by atoms with E-state index in [-0.39, 0.29) is 0 Å². The van der Waals surface area contributed by atoms with E-state index in [4.69, 9.17) is 0 Å². The van der Waals surface area contributed by atoms with E-state index in [0.717, 1.165) is 19.3 Å². The molecule has 0 heterocycles. The summed E-state index contributed by atoms with van der Waals surface area (Å²) in [5.41, 5.74) is 0.439. The van der Waals surface area contributed by atoms with Crippen LogP contribution in [0.2, 0.25) is 0 Å². The second-order valence-corrected chi connectivity index (χ2v) is 3.05. The van der Waals surface area contributed by atoms with Gasteiger partial charge in [-0.3, -0.25) is 4.79 Å². The Bertz CT molecular complexity index is 177. The molecule has 0 aliphatic heterocycles. The molecule has 0 unspecified atom stereocenters. The third-order valence-electron chi connectivity index (χ3n) is 1.22. The lowest BCUT2D eigenvalue weighted by Crippen LogP contribution is -2.20. The fourth-order valence-corrected chi connectivity index (χ4v) is 1.11. The Kier molecular flexibility index (Phi) is 4.86. The van der Waals surface area contributed by atoms with Crippen LogP contribution in [-0.4, -0.2) is 17.7 Å². The predicted octanol–water partition coefficient (Wildman–Crippen LogP) is 2.28. The lowest BCUT2D eigenvalue weighted by molar-refractivity contribution is -0.105. The molecule has 2 nitrogen and oxygen atoms in total. The second kappa shape index (κ2) is 5.13. The minimum absolute atomic E-state index is 0.439. The summed E-state index contributed by atoms with van der Waals surface area (Å²) in [6, 6.07) is 0. The van der Waals surface area contributed by atoms with Gasteiger partial charge in [-0.25, -0.2) is 0 Å². The van der Waals surface area contributed by atoms with E-state index in [2.05, 4.69) is 29.1 Å². The highest BCUT2D eigenvalue weighted by Gasteiger charge is 2.06. The summed E-state index contributed by atoms with van der Waals surface area (Å²) in [6.07, 6.45) is 1.68. The maximum atomic E-state index is 10.3. The van der Waals surface area contributed by atoms with Crippen LogP contribution in [0.15, 0.2) is 23.5 Å². The standard InChI is InChI=1S/C8H12BrNO/c1-4-5-10(8(3)9)7(2)6-11/h6H,2-5H2,1H3. The molecule has 62 valence electrons. The third-order valence-corrected chi connectivity index (χ3v) is 1.65. The molecule has 0 fully saturated rings. The van der Waals surface area contributed by atoms with Crippen molar-refractivity contribution in [3.63, 3.8) is 0 Å². The lowest BCUT2D eigenvalue weighted by Gasteiger charge is -2.21. The summed E-state index contributed by atoms with van der Waals surface area (Å²) in [6.45, 7) is 10.0. The highest BCUT2D eigenvalue weighted by atomic mass is 79.9. The largest absolute Gasteiger partial charge is 0.334 e.